The highest BCUT2D eigenvalue weighted by atomic mass is 16.2. The van der Waals surface area contributed by atoms with Gasteiger partial charge in [0.1, 0.15) is 5.65 Å². The van der Waals surface area contributed by atoms with Crippen molar-refractivity contribution in [1.82, 2.24) is 14.3 Å². The first-order chi connectivity index (χ1) is 11.0. The molecule has 118 valence electrons. The van der Waals surface area contributed by atoms with Crippen molar-refractivity contribution in [3.05, 3.63) is 59.4 Å². The molecule has 0 aliphatic rings. The summed E-state index contributed by atoms with van der Waals surface area (Å²) >= 11 is 0. The van der Waals surface area contributed by atoms with E-state index in [1.165, 1.54) is 5.56 Å². The number of aryl methyl sites for hydroxylation is 2. The molecule has 0 saturated carbocycles. The van der Waals surface area contributed by atoms with Crippen molar-refractivity contribution in [2.45, 2.75) is 20.3 Å². The minimum atomic E-state index is 0.0715. The molecular weight excluding hydrogens is 286 g/mol. The van der Waals surface area contributed by atoms with Gasteiger partial charge in [0.25, 0.3) is 0 Å². The van der Waals surface area contributed by atoms with E-state index in [-0.39, 0.29) is 5.91 Å². The molecule has 1 aromatic carbocycles. The van der Waals surface area contributed by atoms with E-state index in [9.17, 15) is 4.79 Å². The first-order valence-corrected chi connectivity index (χ1v) is 7.70. The molecule has 4 nitrogen and oxygen atoms in total. The molecule has 0 N–H and O–H groups in total. The molecular formula is C19H21N3O. The molecule has 0 aliphatic carbocycles. The average Bonchev–Trinajstić information content (AvgIpc) is 2.85. The van der Waals surface area contributed by atoms with Gasteiger partial charge in [-0.15, -0.1) is 0 Å². The molecule has 0 atom stereocenters. The summed E-state index contributed by atoms with van der Waals surface area (Å²) in [7, 11) is 3.56. The van der Waals surface area contributed by atoms with Crippen molar-refractivity contribution in [1.29, 1.82) is 0 Å². The van der Waals surface area contributed by atoms with Gasteiger partial charge in [-0.2, -0.15) is 0 Å². The summed E-state index contributed by atoms with van der Waals surface area (Å²) in [4.78, 5) is 18.7. The molecule has 4 heteroatoms. The number of benzene rings is 1. The fourth-order valence-electron chi connectivity index (χ4n) is 2.69. The Balaban J connectivity index is 2.21. The summed E-state index contributed by atoms with van der Waals surface area (Å²) in [5, 5.41) is 0. The number of hydrogen-bond donors (Lipinski definition) is 0. The normalized spacial score (nSPS) is 11.0. The highest BCUT2D eigenvalue weighted by Crippen LogP contribution is 2.26. The highest BCUT2D eigenvalue weighted by Gasteiger charge is 2.18. The van der Waals surface area contributed by atoms with Crippen LogP contribution >= 0.6 is 0 Å². The van der Waals surface area contributed by atoms with Crippen molar-refractivity contribution in [3.63, 3.8) is 0 Å². The molecule has 3 rings (SSSR count). The molecule has 0 aliphatic heterocycles. The van der Waals surface area contributed by atoms with Crippen molar-refractivity contribution >= 4 is 11.6 Å². The molecule has 1 amide bonds. The number of rotatable bonds is 3. The fourth-order valence-corrected chi connectivity index (χ4v) is 2.69. The summed E-state index contributed by atoms with van der Waals surface area (Å²) in [6.45, 7) is 4.11. The number of hydrogen-bond acceptors (Lipinski definition) is 2. The maximum absolute atomic E-state index is 12.3. The molecule has 0 saturated heterocycles. The minimum Gasteiger partial charge on any atom is -0.348 e. The number of carbonyl (C=O) groups excluding carboxylic acids is 1. The number of pyridine rings is 1. The lowest BCUT2D eigenvalue weighted by Crippen LogP contribution is -2.24. The smallest absolute Gasteiger partial charge is 0.228 e. The summed E-state index contributed by atoms with van der Waals surface area (Å²) in [5.74, 6) is 0.0715. The second-order valence-electron chi connectivity index (χ2n) is 6.18. The van der Waals surface area contributed by atoms with Crippen LogP contribution in [0.1, 0.15) is 16.8 Å². The maximum atomic E-state index is 12.3. The molecule has 0 spiro atoms. The monoisotopic (exact) mass is 307 g/mol. The maximum Gasteiger partial charge on any atom is 0.228 e. The van der Waals surface area contributed by atoms with Gasteiger partial charge < -0.3 is 9.30 Å². The number of fused-ring (bicyclic) bond motifs is 1. The Bertz CT molecular complexity index is 877. The third-order valence-electron chi connectivity index (χ3n) is 3.97. The first kappa shape index (κ1) is 15.3. The molecule has 3 aromatic rings. The zero-order valence-electron chi connectivity index (χ0n) is 14.0. The summed E-state index contributed by atoms with van der Waals surface area (Å²) in [5.41, 5.74) is 6.06. The number of amides is 1. The van der Waals surface area contributed by atoms with E-state index in [0.717, 1.165) is 28.2 Å². The van der Waals surface area contributed by atoms with Gasteiger partial charge in [-0.3, -0.25) is 4.79 Å². The number of imidazole rings is 1. The second kappa shape index (κ2) is 5.88. The van der Waals surface area contributed by atoms with Crippen LogP contribution in [-0.4, -0.2) is 34.3 Å². The molecule has 0 unspecified atom stereocenters. The molecule has 2 aromatic heterocycles. The minimum absolute atomic E-state index is 0.0715. The van der Waals surface area contributed by atoms with E-state index in [2.05, 4.69) is 19.1 Å². The van der Waals surface area contributed by atoms with Crippen LogP contribution in [0.15, 0.2) is 42.6 Å². The lowest BCUT2D eigenvalue weighted by Gasteiger charge is -2.11. The van der Waals surface area contributed by atoms with Gasteiger partial charge in [0.2, 0.25) is 5.91 Å². The molecule has 23 heavy (non-hydrogen) atoms. The summed E-state index contributed by atoms with van der Waals surface area (Å²) < 4.78 is 2.04. The van der Waals surface area contributed by atoms with Crippen molar-refractivity contribution in [2.75, 3.05) is 14.1 Å². The number of aromatic nitrogens is 2. The Morgan fingerprint density at radius 2 is 1.91 bits per heavy atom. The van der Waals surface area contributed by atoms with E-state index in [1.807, 2.05) is 41.8 Å². The van der Waals surface area contributed by atoms with Crippen LogP contribution in [0.3, 0.4) is 0 Å². The van der Waals surface area contributed by atoms with Gasteiger partial charge in [0.05, 0.1) is 17.8 Å². The van der Waals surface area contributed by atoms with Crippen molar-refractivity contribution < 1.29 is 4.79 Å². The van der Waals surface area contributed by atoms with Gasteiger partial charge in [0.15, 0.2) is 0 Å². The largest absolute Gasteiger partial charge is 0.348 e. The molecule has 0 radical (unpaired) electrons. The Hall–Kier alpha value is -2.62. The van der Waals surface area contributed by atoms with E-state index < -0.39 is 0 Å². The summed E-state index contributed by atoms with van der Waals surface area (Å²) in [6.07, 6.45) is 2.38. The Morgan fingerprint density at radius 3 is 2.61 bits per heavy atom. The van der Waals surface area contributed by atoms with E-state index >= 15 is 0 Å². The van der Waals surface area contributed by atoms with E-state index in [4.69, 9.17) is 4.98 Å². The second-order valence-corrected chi connectivity index (χ2v) is 6.18. The van der Waals surface area contributed by atoms with Crippen LogP contribution in [0, 0.1) is 13.8 Å². The quantitative estimate of drug-likeness (QED) is 0.745. The zero-order chi connectivity index (χ0) is 16.6. The van der Waals surface area contributed by atoms with Gasteiger partial charge in [-0.25, -0.2) is 4.98 Å². The first-order valence-electron chi connectivity index (χ1n) is 7.70. The van der Waals surface area contributed by atoms with Gasteiger partial charge >= 0.3 is 0 Å². The standard InChI is InChI=1S/C19H21N3O/c1-13-6-5-7-15(10-13)19-16(11-18(23)21(3)4)22-12-14(2)8-9-17(22)20-19/h5-10,12H,11H2,1-4H3. The van der Waals surface area contributed by atoms with E-state index in [0.29, 0.717) is 6.42 Å². The predicted molar refractivity (Wildman–Crippen MR) is 92.5 cm³/mol. The molecule has 0 bridgehead atoms. The van der Waals surface area contributed by atoms with E-state index in [1.54, 1.807) is 19.0 Å². The molecule has 2 heterocycles. The van der Waals surface area contributed by atoms with Crippen LogP contribution < -0.4 is 0 Å². The SMILES string of the molecule is Cc1cccc(-c2nc3ccc(C)cn3c2CC(=O)N(C)C)c1. The van der Waals surface area contributed by atoms with Gasteiger partial charge in [-0.1, -0.05) is 29.8 Å². The van der Waals surface area contributed by atoms with Crippen LogP contribution in [-0.2, 0) is 11.2 Å². The highest BCUT2D eigenvalue weighted by molar-refractivity contribution is 5.81. The lowest BCUT2D eigenvalue weighted by molar-refractivity contribution is -0.128. The number of likely N-dealkylation sites (N-methyl/N-ethyl adjacent to an activating group) is 1. The van der Waals surface area contributed by atoms with Crippen molar-refractivity contribution in [3.8, 4) is 11.3 Å². The summed E-state index contributed by atoms with van der Waals surface area (Å²) in [6, 6.07) is 12.3. The Morgan fingerprint density at radius 1 is 1.13 bits per heavy atom. The Labute approximate surface area is 136 Å². The van der Waals surface area contributed by atoms with Crippen molar-refractivity contribution in [2.24, 2.45) is 0 Å². The number of carbonyl (C=O) groups is 1. The molecule has 0 fully saturated rings. The van der Waals surface area contributed by atoms with Gasteiger partial charge in [0, 0.05) is 25.9 Å². The zero-order valence-corrected chi connectivity index (χ0v) is 14.0. The third kappa shape index (κ3) is 2.97. The van der Waals surface area contributed by atoms with Crippen LogP contribution in [0.5, 0.6) is 0 Å². The average molecular weight is 307 g/mol. The predicted octanol–water partition coefficient (Wildman–Crippen LogP) is 3.25. The Kier molecular flexibility index (Phi) is 3.90. The number of nitrogens with zero attached hydrogens (tertiary/aromatic N) is 3. The fraction of sp³-hybridized carbons (Fsp3) is 0.263. The van der Waals surface area contributed by atoms with Gasteiger partial charge in [-0.05, 0) is 31.5 Å². The lowest BCUT2D eigenvalue weighted by atomic mass is 10.1. The van der Waals surface area contributed by atoms with Crippen LogP contribution in [0.2, 0.25) is 0 Å². The van der Waals surface area contributed by atoms with Crippen LogP contribution in [0.25, 0.3) is 16.9 Å². The topological polar surface area (TPSA) is 37.6 Å². The van der Waals surface area contributed by atoms with Crippen LogP contribution in [0.4, 0.5) is 0 Å². The third-order valence-corrected chi connectivity index (χ3v) is 3.97.